The molecule has 20 heavy (non-hydrogen) atoms. The molecule has 0 aliphatic carbocycles. The van der Waals surface area contributed by atoms with Crippen LogP contribution >= 0.6 is 22.9 Å². The molecule has 4 aromatic rings. The molecule has 0 fully saturated rings. The molecule has 98 valence electrons. The van der Waals surface area contributed by atoms with E-state index < -0.39 is 0 Å². The lowest BCUT2D eigenvalue weighted by Crippen LogP contribution is -2.16. The number of aromatic amines is 1. The zero-order valence-electron chi connectivity index (χ0n) is 10.0. The number of H-pyrrole nitrogens is 1. The number of nitrogens with zero attached hydrogens (tertiary/aromatic N) is 3. The lowest BCUT2D eigenvalue weighted by Gasteiger charge is -1.93. The Bertz CT molecular complexity index is 983. The van der Waals surface area contributed by atoms with Gasteiger partial charge in [0, 0.05) is 10.6 Å². The predicted molar refractivity (Wildman–Crippen MR) is 79.4 cm³/mol. The molecule has 5 nitrogen and oxygen atoms in total. The fourth-order valence-corrected chi connectivity index (χ4v) is 2.98. The average Bonchev–Trinajstić information content (AvgIpc) is 3.05. The van der Waals surface area contributed by atoms with Gasteiger partial charge in [0.25, 0.3) is 0 Å². The van der Waals surface area contributed by atoms with E-state index in [2.05, 4.69) is 15.1 Å². The lowest BCUT2D eigenvalue weighted by atomic mass is 10.2. The summed E-state index contributed by atoms with van der Waals surface area (Å²) in [5.41, 5.74) is 1.10. The normalized spacial score (nSPS) is 11.4. The van der Waals surface area contributed by atoms with Gasteiger partial charge in [-0.2, -0.15) is 4.52 Å². The molecule has 0 unspecified atom stereocenters. The molecule has 1 aromatic carbocycles. The summed E-state index contributed by atoms with van der Waals surface area (Å²) in [5, 5.41) is 7.72. The Morgan fingerprint density at radius 2 is 2.00 bits per heavy atom. The third kappa shape index (κ3) is 1.65. The number of aromatic nitrogens is 4. The van der Waals surface area contributed by atoms with E-state index in [4.69, 9.17) is 11.6 Å². The molecule has 0 spiro atoms. The van der Waals surface area contributed by atoms with Crippen LogP contribution in [0.1, 0.15) is 0 Å². The van der Waals surface area contributed by atoms with Gasteiger partial charge in [-0.3, -0.25) is 4.98 Å². The molecule has 0 radical (unpaired) electrons. The van der Waals surface area contributed by atoms with Crippen molar-refractivity contribution in [3.63, 3.8) is 0 Å². The number of nitrogens with one attached hydrogen (secondary N) is 1. The van der Waals surface area contributed by atoms with Gasteiger partial charge in [-0.25, -0.2) is 9.78 Å². The van der Waals surface area contributed by atoms with E-state index in [1.807, 2.05) is 23.6 Å². The van der Waals surface area contributed by atoms with Crippen LogP contribution in [0.4, 0.5) is 0 Å². The second kappa shape index (κ2) is 4.16. The molecular weight excluding hydrogens is 296 g/mol. The zero-order chi connectivity index (χ0) is 13.7. The summed E-state index contributed by atoms with van der Waals surface area (Å²) in [6.07, 6.45) is 0. The highest BCUT2D eigenvalue weighted by Gasteiger charge is 2.12. The van der Waals surface area contributed by atoms with Crippen molar-refractivity contribution < 1.29 is 0 Å². The van der Waals surface area contributed by atoms with E-state index in [0.717, 1.165) is 15.8 Å². The minimum absolute atomic E-state index is 0.289. The molecule has 3 aromatic heterocycles. The molecular formula is C13H7ClN4OS. The van der Waals surface area contributed by atoms with Crippen LogP contribution < -0.4 is 5.69 Å². The Labute approximate surface area is 121 Å². The molecule has 4 rings (SSSR count). The van der Waals surface area contributed by atoms with E-state index >= 15 is 0 Å². The van der Waals surface area contributed by atoms with Crippen molar-refractivity contribution in [3.05, 3.63) is 51.2 Å². The van der Waals surface area contributed by atoms with Gasteiger partial charge in [0.2, 0.25) is 0 Å². The number of rotatable bonds is 1. The topological polar surface area (TPSA) is 63.0 Å². The second-order valence-corrected chi connectivity index (χ2v) is 5.62. The summed E-state index contributed by atoms with van der Waals surface area (Å²) in [5.74, 6) is 0.505. The van der Waals surface area contributed by atoms with Crippen molar-refractivity contribution in [1.29, 1.82) is 0 Å². The minimum Gasteiger partial charge on any atom is -0.297 e. The largest absolute Gasteiger partial charge is 0.349 e. The summed E-state index contributed by atoms with van der Waals surface area (Å²) in [6, 6.07) is 9.12. The van der Waals surface area contributed by atoms with Gasteiger partial charge < -0.3 is 0 Å². The summed E-state index contributed by atoms with van der Waals surface area (Å²) in [7, 11) is 0. The van der Waals surface area contributed by atoms with Crippen LogP contribution in [0.15, 0.2) is 40.5 Å². The van der Waals surface area contributed by atoms with Gasteiger partial charge in [0.15, 0.2) is 11.5 Å². The Balaban J connectivity index is 2.05. The number of thiophene rings is 1. The highest BCUT2D eigenvalue weighted by molar-refractivity contribution is 7.16. The molecule has 1 N–H and O–H groups in total. The third-order valence-corrected chi connectivity index (χ3v) is 4.11. The molecule has 7 heteroatoms. The van der Waals surface area contributed by atoms with Crippen LogP contribution in [0.5, 0.6) is 0 Å². The molecule has 0 bridgehead atoms. The quantitative estimate of drug-likeness (QED) is 0.588. The van der Waals surface area contributed by atoms with E-state index in [1.54, 1.807) is 12.1 Å². The van der Waals surface area contributed by atoms with Crippen molar-refractivity contribution in [2.45, 2.75) is 0 Å². The van der Waals surface area contributed by atoms with Gasteiger partial charge >= 0.3 is 5.69 Å². The first-order chi connectivity index (χ1) is 9.72. The standard InChI is InChI=1S/C13H7ClN4OS/c14-8-3-1-7(2-4-8)10-15-11-9-5-6-20-12(9)16-13(19)18(11)17-10/h1-6H,(H,16,19). The van der Waals surface area contributed by atoms with Crippen molar-refractivity contribution in [1.82, 2.24) is 19.6 Å². The molecule has 3 heterocycles. The van der Waals surface area contributed by atoms with Gasteiger partial charge in [-0.05, 0) is 35.7 Å². The fraction of sp³-hybridized carbons (Fsp3) is 0. The second-order valence-electron chi connectivity index (χ2n) is 4.27. The van der Waals surface area contributed by atoms with Crippen LogP contribution in [-0.4, -0.2) is 19.6 Å². The van der Waals surface area contributed by atoms with Gasteiger partial charge in [0.05, 0.1) is 5.39 Å². The minimum atomic E-state index is -0.289. The molecule has 0 aliphatic rings. The average molecular weight is 303 g/mol. The first kappa shape index (κ1) is 11.6. The molecule has 0 atom stereocenters. The van der Waals surface area contributed by atoms with E-state index in [-0.39, 0.29) is 5.69 Å². The van der Waals surface area contributed by atoms with Crippen molar-refractivity contribution in [3.8, 4) is 11.4 Å². The summed E-state index contributed by atoms with van der Waals surface area (Å²) >= 11 is 7.34. The Kier molecular flexibility index (Phi) is 2.42. The first-order valence-corrected chi connectivity index (χ1v) is 7.10. The van der Waals surface area contributed by atoms with E-state index in [9.17, 15) is 4.79 Å². The molecule has 0 aliphatic heterocycles. The maximum atomic E-state index is 12.0. The van der Waals surface area contributed by atoms with E-state index in [0.29, 0.717) is 16.5 Å². The Morgan fingerprint density at radius 1 is 1.20 bits per heavy atom. The monoisotopic (exact) mass is 302 g/mol. The number of halogens is 1. The van der Waals surface area contributed by atoms with E-state index in [1.165, 1.54) is 15.9 Å². The number of hydrogen-bond acceptors (Lipinski definition) is 4. The summed E-state index contributed by atoms with van der Waals surface area (Å²) < 4.78 is 1.29. The SMILES string of the molecule is O=c1[nH]c2sccc2c2nc(-c3ccc(Cl)cc3)nn12. The van der Waals surface area contributed by atoms with Crippen molar-refractivity contribution in [2.75, 3.05) is 0 Å². The van der Waals surface area contributed by atoms with Crippen LogP contribution in [0.25, 0.3) is 27.3 Å². The highest BCUT2D eigenvalue weighted by atomic mass is 35.5. The number of hydrogen-bond donors (Lipinski definition) is 1. The van der Waals surface area contributed by atoms with Crippen LogP contribution in [-0.2, 0) is 0 Å². The van der Waals surface area contributed by atoms with Crippen LogP contribution in [0.3, 0.4) is 0 Å². The number of fused-ring (bicyclic) bond motifs is 3. The van der Waals surface area contributed by atoms with Crippen molar-refractivity contribution in [2.24, 2.45) is 0 Å². The Morgan fingerprint density at radius 3 is 2.80 bits per heavy atom. The molecule has 0 amide bonds. The maximum Gasteiger partial charge on any atom is 0.349 e. The van der Waals surface area contributed by atoms with Gasteiger partial charge in [-0.1, -0.05) is 11.6 Å². The Hall–Kier alpha value is -2.18. The zero-order valence-corrected chi connectivity index (χ0v) is 11.6. The third-order valence-electron chi connectivity index (χ3n) is 3.03. The van der Waals surface area contributed by atoms with Crippen molar-refractivity contribution >= 4 is 38.8 Å². The molecule has 0 saturated carbocycles. The first-order valence-electron chi connectivity index (χ1n) is 5.84. The summed E-state index contributed by atoms with van der Waals surface area (Å²) in [6.45, 7) is 0. The predicted octanol–water partition coefficient (Wildman–Crippen LogP) is 2.95. The fourth-order valence-electron chi connectivity index (χ4n) is 2.08. The summed E-state index contributed by atoms with van der Waals surface area (Å²) in [4.78, 5) is 20.0. The van der Waals surface area contributed by atoms with Gasteiger partial charge in [0.1, 0.15) is 4.83 Å². The smallest absolute Gasteiger partial charge is 0.297 e. The van der Waals surface area contributed by atoms with Gasteiger partial charge in [-0.15, -0.1) is 16.4 Å². The maximum absolute atomic E-state index is 12.0. The van der Waals surface area contributed by atoms with Crippen LogP contribution in [0.2, 0.25) is 5.02 Å². The lowest BCUT2D eigenvalue weighted by molar-refractivity contribution is 0.887. The van der Waals surface area contributed by atoms with Crippen LogP contribution in [0, 0.1) is 0 Å². The number of benzene rings is 1. The molecule has 0 saturated heterocycles. The highest BCUT2D eigenvalue weighted by Crippen LogP contribution is 2.23.